The molecule has 0 radical (unpaired) electrons. The molecular weight excluding hydrogens is 256 g/mol. The number of benzene rings is 1. The molecule has 5 heteroatoms. The molecule has 0 aliphatic heterocycles. The maximum absolute atomic E-state index is 11.9. The van der Waals surface area contributed by atoms with E-state index in [9.17, 15) is 9.59 Å². The highest BCUT2D eigenvalue weighted by Gasteiger charge is 2.20. The maximum atomic E-state index is 11.9. The van der Waals surface area contributed by atoms with Crippen molar-refractivity contribution in [1.82, 2.24) is 0 Å². The number of allylic oxidation sites excluding steroid dienone is 1. The molecule has 0 spiro atoms. The van der Waals surface area contributed by atoms with E-state index in [1.807, 2.05) is 6.92 Å². The first-order chi connectivity index (χ1) is 9.42. The Labute approximate surface area is 119 Å². The van der Waals surface area contributed by atoms with Crippen LogP contribution in [0.2, 0.25) is 0 Å². The Morgan fingerprint density at radius 1 is 1.40 bits per heavy atom. The minimum absolute atomic E-state index is 0.169. The fourth-order valence-electron chi connectivity index (χ4n) is 2.00. The zero-order valence-electron chi connectivity index (χ0n) is 12.2. The van der Waals surface area contributed by atoms with Gasteiger partial charge < -0.3 is 10.5 Å². The van der Waals surface area contributed by atoms with Crippen molar-refractivity contribution < 1.29 is 14.3 Å². The minimum Gasteiger partial charge on any atom is -0.465 e. The summed E-state index contributed by atoms with van der Waals surface area (Å²) in [5.74, 6) is -0.615. The van der Waals surface area contributed by atoms with Crippen LogP contribution in [0.25, 0.3) is 0 Å². The van der Waals surface area contributed by atoms with Crippen LogP contribution in [0.3, 0.4) is 0 Å². The van der Waals surface area contributed by atoms with E-state index < -0.39 is 5.97 Å². The van der Waals surface area contributed by atoms with Crippen LogP contribution >= 0.6 is 0 Å². The monoisotopic (exact) mass is 276 g/mol. The van der Waals surface area contributed by atoms with Gasteiger partial charge in [-0.15, -0.1) is 0 Å². The van der Waals surface area contributed by atoms with E-state index in [-0.39, 0.29) is 11.9 Å². The van der Waals surface area contributed by atoms with Gasteiger partial charge in [0.25, 0.3) is 0 Å². The standard InChI is InChI=1S/C15H20N2O3/c1-5-14(10(2)16)17(11(3)18)13-8-6-7-12(9-13)15(19)20-4/h5-10H,16H2,1-4H3. The van der Waals surface area contributed by atoms with Crippen molar-refractivity contribution >= 4 is 17.6 Å². The summed E-state index contributed by atoms with van der Waals surface area (Å²) in [7, 11) is 1.32. The van der Waals surface area contributed by atoms with Crippen LogP contribution in [0.5, 0.6) is 0 Å². The Morgan fingerprint density at radius 2 is 2.05 bits per heavy atom. The van der Waals surface area contributed by atoms with Crippen LogP contribution in [0.15, 0.2) is 36.0 Å². The van der Waals surface area contributed by atoms with Crippen LogP contribution in [-0.2, 0) is 9.53 Å². The van der Waals surface area contributed by atoms with Crippen molar-refractivity contribution in [3.63, 3.8) is 0 Å². The molecule has 20 heavy (non-hydrogen) atoms. The van der Waals surface area contributed by atoms with Gasteiger partial charge in [0.1, 0.15) is 0 Å². The van der Waals surface area contributed by atoms with Gasteiger partial charge in [-0.2, -0.15) is 0 Å². The number of amides is 1. The summed E-state index contributed by atoms with van der Waals surface area (Å²) in [6.45, 7) is 5.07. The van der Waals surface area contributed by atoms with E-state index in [0.717, 1.165) is 0 Å². The number of hydrogen-bond acceptors (Lipinski definition) is 4. The second kappa shape index (κ2) is 6.86. The Kier molecular flexibility index (Phi) is 5.46. The number of hydrogen-bond donors (Lipinski definition) is 1. The van der Waals surface area contributed by atoms with Crippen molar-refractivity contribution in [3.05, 3.63) is 41.6 Å². The molecule has 1 rings (SSSR count). The highest BCUT2D eigenvalue weighted by molar-refractivity contribution is 5.97. The molecule has 0 aromatic heterocycles. The summed E-state index contributed by atoms with van der Waals surface area (Å²) >= 11 is 0. The number of esters is 1. The third kappa shape index (κ3) is 3.45. The number of ether oxygens (including phenoxy) is 1. The summed E-state index contributed by atoms with van der Waals surface area (Å²) in [5.41, 5.74) is 7.55. The zero-order chi connectivity index (χ0) is 15.3. The topological polar surface area (TPSA) is 72.6 Å². The van der Waals surface area contributed by atoms with Crippen molar-refractivity contribution in [1.29, 1.82) is 0 Å². The molecule has 0 heterocycles. The highest BCUT2D eigenvalue weighted by atomic mass is 16.5. The summed E-state index contributed by atoms with van der Waals surface area (Å²) in [4.78, 5) is 25.0. The predicted molar refractivity (Wildman–Crippen MR) is 78.3 cm³/mol. The van der Waals surface area contributed by atoms with Gasteiger partial charge in [0.2, 0.25) is 5.91 Å². The average molecular weight is 276 g/mol. The number of rotatable bonds is 4. The molecule has 1 unspecified atom stereocenters. The quantitative estimate of drug-likeness (QED) is 0.854. The summed E-state index contributed by atoms with van der Waals surface area (Å²) in [6, 6.07) is 6.39. The number of carbonyl (C=O) groups is 2. The Hall–Kier alpha value is -2.14. The smallest absolute Gasteiger partial charge is 0.337 e. The summed E-state index contributed by atoms with van der Waals surface area (Å²) in [5, 5.41) is 0. The molecule has 1 aromatic carbocycles. The number of nitrogens with two attached hydrogens (primary N) is 1. The van der Waals surface area contributed by atoms with Gasteiger partial charge in [-0.25, -0.2) is 4.79 Å². The van der Waals surface area contributed by atoms with Gasteiger partial charge in [0.05, 0.1) is 12.7 Å². The van der Waals surface area contributed by atoms with Crippen molar-refractivity contribution in [3.8, 4) is 0 Å². The third-order valence-electron chi connectivity index (χ3n) is 2.86. The molecule has 1 amide bonds. The maximum Gasteiger partial charge on any atom is 0.337 e. The minimum atomic E-state index is -0.446. The van der Waals surface area contributed by atoms with E-state index in [1.165, 1.54) is 18.9 Å². The molecule has 1 atom stereocenters. The van der Waals surface area contributed by atoms with E-state index in [1.54, 1.807) is 37.3 Å². The van der Waals surface area contributed by atoms with Crippen molar-refractivity contribution in [2.45, 2.75) is 26.8 Å². The van der Waals surface area contributed by atoms with Gasteiger partial charge in [0, 0.05) is 24.4 Å². The Morgan fingerprint density at radius 3 is 2.50 bits per heavy atom. The van der Waals surface area contributed by atoms with Crippen LogP contribution in [0.1, 0.15) is 31.1 Å². The van der Waals surface area contributed by atoms with Crippen LogP contribution in [0.4, 0.5) is 5.69 Å². The predicted octanol–water partition coefficient (Wildman–Crippen LogP) is 2.08. The molecule has 108 valence electrons. The molecule has 0 fully saturated rings. The molecule has 0 aliphatic rings. The van der Waals surface area contributed by atoms with E-state index in [2.05, 4.69) is 4.74 Å². The highest BCUT2D eigenvalue weighted by Crippen LogP contribution is 2.22. The first kappa shape index (κ1) is 15.9. The van der Waals surface area contributed by atoms with Crippen LogP contribution < -0.4 is 10.6 Å². The number of anilines is 1. The average Bonchev–Trinajstić information content (AvgIpc) is 2.42. The van der Waals surface area contributed by atoms with Crippen molar-refractivity contribution in [2.24, 2.45) is 5.73 Å². The van der Waals surface area contributed by atoms with Gasteiger partial charge >= 0.3 is 5.97 Å². The normalized spacial score (nSPS) is 12.8. The molecule has 2 N–H and O–H groups in total. The van der Waals surface area contributed by atoms with Gasteiger partial charge in [-0.1, -0.05) is 12.1 Å². The second-order valence-electron chi connectivity index (χ2n) is 4.40. The Bertz CT molecular complexity index is 536. The largest absolute Gasteiger partial charge is 0.465 e. The molecule has 0 bridgehead atoms. The number of carbonyl (C=O) groups excluding carboxylic acids is 2. The van der Waals surface area contributed by atoms with Crippen LogP contribution in [0, 0.1) is 0 Å². The summed E-state index contributed by atoms with van der Waals surface area (Å²) < 4.78 is 4.68. The zero-order valence-corrected chi connectivity index (χ0v) is 12.2. The first-order valence-electron chi connectivity index (χ1n) is 6.33. The fraction of sp³-hybridized carbons (Fsp3) is 0.333. The van der Waals surface area contributed by atoms with E-state index in [4.69, 9.17) is 5.73 Å². The van der Waals surface area contributed by atoms with Gasteiger partial charge in [-0.05, 0) is 32.0 Å². The lowest BCUT2D eigenvalue weighted by molar-refractivity contribution is -0.116. The lowest BCUT2D eigenvalue weighted by Crippen LogP contribution is -2.36. The SMILES string of the molecule is CC=C(C(C)N)N(C(C)=O)c1cccc(C(=O)OC)c1. The fourth-order valence-corrected chi connectivity index (χ4v) is 2.00. The molecule has 0 saturated carbocycles. The number of methoxy groups -OCH3 is 1. The van der Waals surface area contributed by atoms with E-state index in [0.29, 0.717) is 16.9 Å². The third-order valence-corrected chi connectivity index (χ3v) is 2.86. The van der Waals surface area contributed by atoms with Crippen LogP contribution in [-0.4, -0.2) is 25.0 Å². The molecule has 1 aromatic rings. The number of nitrogens with zero attached hydrogens (tertiary/aromatic N) is 1. The molecule has 5 nitrogen and oxygen atoms in total. The first-order valence-corrected chi connectivity index (χ1v) is 6.33. The molecule has 0 saturated heterocycles. The lowest BCUT2D eigenvalue weighted by atomic mass is 10.1. The summed E-state index contributed by atoms with van der Waals surface area (Å²) in [6.07, 6.45) is 1.79. The lowest BCUT2D eigenvalue weighted by Gasteiger charge is -2.27. The van der Waals surface area contributed by atoms with E-state index >= 15 is 0 Å². The molecular formula is C15H20N2O3. The van der Waals surface area contributed by atoms with Gasteiger partial charge in [-0.3, -0.25) is 9.69 Å². The second-order valence-corrected chi connectivity index (χ2v) is 4.40. The van der Waals surface area contributed by atoms with Crippen molar-refractivity contribution in [2.75, 3.05) is 12.0 Å². The Balaban J connectivity index is 3.30. The molecule has 0 aliphatic carbocycles. The van der Waals surface area contributed by atoms with Gasteiger partial charge in [0.15, 0.2) is 0 Å².